The number of hydrogen-bond donors (Lipinski definition) is 1. The monoisotopic (exact) mass is 346 g/mol. The van der Waals surface area contributed by atoms with Crippen LogP contribution in [0.3, 0.4) is 0 Å². The van der Waals surface area contributed by atoms with Crippen LogP contribution in [0.15, 0.2) is 73.3 Å². The molecule has 1 amide bonds. The van der Waals surface area contributed by atoms with Gasteiger partial charge in [-0.1, -0.05) is 42.5 Å². The molecule has 0 aliphatic rings. The van der Waals surface area contributed by atoms with Gasteiger partial charge in [-0.2, -0.15) is 15.0 Å². The molecule has 4 aromatic rings. The molecule has 2 aromatic heterocycles. The second kappa shape index (κ2) is 7.18. The smallest absolute Gasteiger partial charge is 0.240 e. The number of amides is 1. The first-order chi connectivity index (χ1) is 12.8. The molecule has 0 bridgehead atoms. The highest BCUT2D eigenvalue weighted by molar-refractivity contribution is 5.80. The van der Waals surface area contributed by atoms with E-state index in [0.29, 0.717) is 6.54 Å². The van der Waals surface area contributed by atoms with E-state index in [1.165, 1.54) is 0 Å². The third kappa shape index (κ3) is 3.46. The lowest BCUT2D eigenvalue weighted by molar-refractivity contribution is -0.122. The van der Waals surface area contributed by atoms with Gasteiger partial charge >= 0.3 is 0 Å². The van der Waals surface area contributed by atoms with Crippen molar-refractivity contribution >= 4 is 16.9 Å². The molecule has 7 heteroatoms. The summed E-state index contributed by atoms with van der Waals surface area (Å²) in [5, 5.41) is 11.4. The number of benzene rings is 2. The minimum atomic E-state index is -0.217. The summed E-state index contributed by atoms with van der Waals surface area (Å²) in [6.07, 6.45) is 4.94. The van der Waals surface area contributed by atoms with Crippen LogP contribution in [-0.2, 0) is 17.9 Å². The first kappa shape index (κ1) is 16.0. The molecule has 0 radical (unpaired) electrons. The highest BCUT2D eigenvalue weighted by atomic mass is 16.2. The molecule has 2 aromatic carbocycles. The van der Waals surface area contributed by atoms with Crippen molar-refractivity contribution in [2.45, 2.75) is 19.1 Å². The van der Waals surface area contributed by atoms with E-state index < -0.39 is 0 Å². The van der Waals surface area contributed by atoms with Crippen molar-refractivity contribution in [1.29, 1.82) is 0 Å². The molecular weight excluding hydrogens is 328 g/mol. The Morgan fingerprint density at radius 1 is 1.00 bits per heavy atom. The maximum absolute atomic E-state index is 12.7. The van der Waals surface area contributed by atoms with Crippen molar-refractivity contribution in [3.63, 3.8) is 0 Å². The Hall–Kier alpha value is -3.48. The number of nitrogens with one attached hydrogen (secondary N) is 1. The van der Waals surface area contributed by atoms with Crippen molar-refractivity contribution in [2.75, 3.05) is 0 Å². The summed E-state index contributed by atoms with van der Waals surface area (Å²) >= 11 is 0. The summed E-state index contributed by atoms with van der Waals surface area (Å²) in [7, 11) is 0. The van der Waals surface area contributed by atoms with Gasteiger partial charge in [0.1, 0.15) is 6.54 Å². The van der Waals surface area contributed by atoms with Crippen LogP contribution in [0.2, 0.25) is 0 Å². The molecule has 1 atom stereocenters. The highest BCUT2D eigenvalue weighted by Gasteiger charge is 2.17. The van der Waals surface area contributed by atoms with Gasteiger partial charge in [-0.05, 0) is 17.7 Å². The summed E-state index contributed by atoms with van der Waals surface area (Å²) in [5.41, 5.74) is 2.82. The number of imidazole rings is 1. The van der Waals surface area contributed by atoms with Crippen molar-refractivity contribution in [3.05, 3.63) is 78.9 Å². The van der Waals surface area contributed by atoms with Crippen LogP contribution in [0.5, 0.6) is 0 Å². The Labute approximate surface area is 150 Å². The van der Waals surface area contributed by atoms with E-state index in [-0.39, 0.29) is 18.5 Å². The number of fused-ring (bicyclic) bond motifs is 1. The van der Waals surface area contributed by atoms with Crippen LogP contribution < -0.4 is 5.32 Å². The van der Waals surface area contributed by atoms with Gasteiger partial charge in [-0.15, -0.1) is 0 Å². The maximum atomic E-state index is 12.7. The summed E-state index contributed by atoms with van der Waals surface area (Å²) in [4.78, 5) is 18.6. The molecule has 7 nitrogen and oxygen atoms in total. The number of rotatable bonds is 6. The van der Waals surface area contributed by atoms with E-state index in [2.05, 4.69) is 20.5 Å². The minimum Gasteiger partial charge on any atom is -0.346 e. The van der Waals surface area contributed by atoms with E-state index in [1.807, 2.05) is 59.2 Å². The first-order valence-electron chi connectivity index (χ1n) is 8.38. The van der Waals surface area contributed by atoms with Crippen LogP contribution in [0, 0.1) is 0 Å². The number of hydrogen-bond acceptors (Lipinski definition) is 4. The van der Waals surface area contributed by atoms with Gasteiger partial charge in [0.05, 0.1) is 42.3 Å². The Balaban J connectivity index is 1.52. The number of carbonyl (C=O) groups is 1. The predicted molar refractivity (Wildman–Crippen MR) is 97.1 cm³/mol. The van der Waals surface area contributed by atoms with Gasteiger partial charge in [0.15, 0.2) is 0 Å². The van der Waals surface area contributed by atoms with Gasteiger partial charge in [-0.3, -0.25) is 4.79 Å². The lowest BCUT2D eigenvalue weighted by Gasteiger charge is -2.19. The van der Waals surface area contributed by atoms with E-state index in [1.54, 1.807) is 23.5 Å². The maximum Gasteiger partial charge on any atom is 0.240 e. The summed E-state index contributed by atoms with van der Waals surface area (Å²) < 4.78 is 1.85. The third-order valence-electron chi connectivity index (χ3n) is 4.19. The Kier molecular flexibility index (Phi) is 4.42. The lowest BCUT2D eigenvalue weighted by atomic mass is 10.1. The van der Waals surface area contributed by atoms with Crippen LogP contribution in [-0.4, -0.2) is 30.5 Å². The molecule has 0 spiro atoms. The zero-order valence-corrected chi connectivity index (χ0v) is 14.1. The highest BCUT2D eigenvalue weighted by Crippen LogP contribution is 2.15. The molecule has 0 unspecified atom stereocenters. The van der Waals surface area contributed by atoms with Gasteiger partial charge < -0.3 is 9.88 Å². The Bertz CT molecular complexity index is 993. The average Bonchev–Trinajstić information content (AvgIpc) is 3.32. The van der Waals surface area contributed by atoms with E-state index in [9.17, 15) is 4.79 Å². The van der Waals surface area contributed by atoms with Gasteiger partial charge in [0.25, 0.3) is 0 Å². The van der Waals surface area contributed by atoms with E-state index in [4.69, 9.17) is 0 Å². The lowest BCUT2D eigenvalue weighted by Crippen LogP contribution is -2.34. The van der Waals surface area contributed by atoms with E-state index in [0.717, 1.165) is 16.6 Å². The first-order valence-corrected chi connectivity index (χ1v) is 8.38. The normalized spacial score (nSPS) is 12.2. The Morgan fingerprint density at radius 2 is 1.73 bits per heavy atom. The molecule has 0 saturated heterocycles. The van der Waals surface area contributed by atoms with Crippen molar-refractivity contribution in [3.8, 4) is 0 Å². The molecule has 0 saturated carbocycles. The van der Waals surface area contributed by atoms with Crippen molar-refractivity contribution in [2.24, 2.45) is 0 Å². The molecule has 1 N–H and O–H groups in total. The van der Waals surface area contributed by atoms with Gasteiger partial charge in [0.2, 0.25) is 5.91 Å². The van der Waals surface area contributed by atoms with Crippen LogP contribution in [0.25, 0.3) is 11.0 Å². The second-order valence-electron chi connectivity index (χ2n) is 5.98. The third-order valence-corrected chi connectivity index (χ3v) is 4.19. The molecule has 4 rings (SSSR count). The zero-order valence-electron chi connectivity index (χ0n) is 14.1. The van der Waals surface area contributed by atoms with Crippen LogP contribution >= 0.6 is 0 Å². The van der Waals surface area contributed by atoms with Crippen molar-refractivity contribution < 1.29 is 4.79 Å². The minimum absolute atomic E-state index is 0.0887. The molecule has 130 valence electrons. The quantitative estimate of drug-likeness (QED) is 0.580. The molecule has 0 aliphatic heterocycles. The molecule has 0 fully saturated rings. The average molecular weight is 346 g/mol. The largest absolute Gasteiger partial charge is 0.346 e. The zero-order chi connectivity index (χ0) is 17.8. The topological polar surface area (TPSA) is 77.6 Å². The molecule has 26 heavy (non-hydrogen) atoms. The number of para-hydroxylation sites is 2. The van der Waals surface area contributed by atoms with E-state index >= 15 is 0 Å². The fourth-order valence-electron chi connectivity index (χ4n) is 2.95. The van der Waals surface area contributed by atoms with Crippen molar-refractivity contribution in [1.82, 2.24) is 29.9 Å². The number of aromatic nitrogens is 5. The van der Waals surface area contributed by atoms with Gasteiger partial charge in [0, 0.05) is 0 Å². The Morgan fingerprint density at radius 3 is 2.54 bits per heavy atom. The molecular formula is C19H18N6O. The fraction of sp³-hybridized carbons (Fsp3) is 0.158. The predicted octanol–water partition coefficient (Wildman–Crippen LogP) is 2.19. The van der Waals surface area contributed by atoms with Gasteiger partial charge in [-0.25, -0.2) is 4.98 Å². The summed E-state index contributed by atoms with van der Waals surface area (Å²) in [6, 6.07) is 17.4. The molecule has 0 aliphatic carbocycles. The number of nitrogens with zero attached hydrogens (tertiary/aromatic N) is 5. The van der Waals surface area contributed by atoms with Crippen LogP contribution in [0.4, 0.5) is 0 Å². The summed E-state index contributed by atoms with van der Waals surface area (Å²) in [6.45, 7) is 0.670. The standard InChI is InChI=1S/C19H18N6O/c26-19(13-24-14-20-16-8-4-5-9-18(16)24)23-17(12-25-21-10-11-22-25)15-6-2-1-3-7-15/h1-11,14,17H,12-13H2,(H,23,26)/t17-/m0/s1. The second-order valence-corrected chi connectivity index (χ2v) is 5.98. The number of carbonyl (C=O) groups excluding carboxylic acids is 1. The molecule has 2 heterocycles. The SMILES string of the molecule is O=C(Cn1cnc2ccccc21)N[C@@H](Cn1nccn1)c1ccccc1. The van der Waals surface area contributed by atoms with Crippen LogP contribution in [0.1, 0.15) is 11.6 Å². The fourth-order valence-corrected chi connectivity index (χ4v) is 2.95. The summed E-state index contributed by atoms with van der Waals surface area (Å²) in [5.74, 6) is -0.0887.